The summed E-state index contributed by atoms with van der Waals surface area (Å²) in [4.78, 5) is 4.47. The van der Waals surface area contributed by atoms with E-state index in [0.29, 0.717) is 5.56 Å². The zero-order valence-corrected chi connectivity index (χ0v) is 12.1. The van der Waals surface area contributed by atoms with E-state index in [4.69, 9.17) is 9.15 Å². The Hall–Kier alpha value is -3.05. The van der Waals surface area contributed by atoms with Crippen LogP contribution in [0.25, 0.3) is 11.6 Å². The number of nitriles is 2. The molecule has 0 bridgehead atoms. The van der Waals surface area contributed by atoms with Crippen molar-refractivity contribution < 1.29 is 9.15 Å². The van der Waals surface area contributed by atoms with Crippen molar-refractivity contribution in [2.24, 2.45) is 0 Å². The van der Waals surface area contributed by atoms with E-state index in [1.165, 1.54) is 7.11 Å². The van der Waals surface area contributed by atoms with Crippen LogP contribution in [0.2, 0.25) is 0 Å². The van der Waals surface area contributed by atoms with Gasteiger partial charge in [0, 0.05) is 0 Å². The predicted octanol–water partition coefficient (Wildman–Crippen LogP) is 3.30. The Labute approximate surface area is 128 Å². The minimum Gasteiger partial charge on any atom is -0.480 e. The number of ether oxygens (including phenoxy) is 1. The summed E-state index contributed by atoms with van der Waals surface area (Å²) in [6.07, 6.45) is 6.04. The largest absolute Gasteiger partial charge is 0.480 e. The lowest BCUT2D eigenvalue weighted by Crippen LogP contribution is -2.10. The number of allylic oxidation sites excluding steroid dienone is 1. The highest BCUT2D eigenvalue weighted by Gasteiger charge is 2.25. The fraction of sp³-hybridized carbons (Fsp3) is 0.235. The predicted molar refractivity (Wildman–Crippen MR) is 79.7 cm³/mol. The van der Waals surface area contributed by atoms with E-state index in [1.807, 2.05) is 24.3 Å². The van der Waals surface area contributed by atoms with E-state index in [-0.39, 0.29) is 11.4 Å². The van der Waals surface area contributed by atoms with Crippen LogP contribution in [-0.4, -0.2) is 12.1 Å². The maximum Gasteiger partial charge on any atom is 0.233 e. The first-order chi connectivity index (χ1) is 10.8. The molecule has 0 amide bonds. The summed E-state index contributed by atoms with van der Waals surface area (Å²) in [5.41, 5.74) is 3.13. The summed E-state index contributed by atoms with van der Waals surface area (Å²) in [7, 11) is 1.45. The third-order valence-electron chi connectivity index (χ3n) is 3.72. The molecule has 1 aliphatic rings. The van der Waals surface area contributed by atoms with Crippen LogP contribution in [0.1, 0.15) is 41.0 Å². The number of furan rings is 1. The normalized spacial score (nSPS) is 15.0. The van der Waals surface area contributed by atoms with Gasteiger partial charge in [-0.2, -0.15) is 10.5 Å². The molecular formula is C17H13N3O2. The standard InChI is InChI=1S/C17H13N3O2/c1-21-17-15(10-19)14(9-18)13-6-2-4-11(16(13)20-17)8-12-5-3-7-22-12/h3,5,7-8H,2,4,6H2,1H3. The van der Waals surface area contributed by atoms with E-state index in [1.54, 1.807) is 6.26 Å². The van der Waals surface area contributed by atoms with E-state index in [2.05, 4.69) is 11.1 Å². The molecule has 0 aromatic carbocycles. The molecule has 3 rings (SSSR count). The third-order valence-corrected chi connectivity index (χ3v) is 3.72. The number of nitrogens with zero attached hydrogens (tertiary/aromatic N) is 3. The Kier molecular flexibility index (Phi) is 3.64. The number of hydrogen-bond acceptors (Lipinski definition) is 5. The molecule has 0 radical (unpaired) electrons. The molecule has 2 heterocycles. The van der Waals surface area contributed by atoms with Gasteiger partial charge in [-0.15, -0.1) is 0 Å². The number of pyridine rings is 1. The van der Waals surface area contributed by atoms with Crippen LogP contribution < -0.4 is 4.74 Å². The first-order valence-corrected chi connectivity index (χ1v) is 6.94. The molecule has 0 spiro atoms. The molecule has 0 saturated carbocycles. The molecule has 1 aliphatic carbocycles. The molecule has 108 valence electrons. The summed E-state index contributed by atoms with van der Waals surface area (Å²) in [6, 6.07) is 7.86. The minimum absolute atomic E-state index is 0.199. The van der Waals surface area contributed by atoms with Gasteiger partial charge < -0.3 is 9.15 Å². The van der Waals surface area contributed by atoms with Crippen LogP contribution in [0.5, 0.6) is 5.88 Å². The van der Waals surface area contributed by atoms with Gasteiger partial charge in [0.25, 0.3) is 0 Å². The van der Waals surface area contributed by atoms with Crippen molar-refractivity contribution in [2.75, 3.05) is 7.11 Å². The Bertz CT molecular complexity index is 821. The smallest absolute Gasteiger partial charge is 0.233 e. The van der Waals surface area contributed by atoms with Crippen LogP contribution in [-0.2, 0) is 6.42 Å². The molecule has 22 heavy (non-hydrogen) atoms. The van der Waals surface area contributed by atoms with Crippen molar-refractivity contribution in [3.05, 3.63) is 46.5 Å². The number of fused-ring (bicyclic) bond motifs is 1. The molecule has 5 heteroatoms. The first kappa shape index (κ1) is 13.9. The fourth-order valence-corrected chi connectivity index (χ4v) is 2.74. The van der Waals surface area contributed by atoms with Gasteiger partial charge in [0.15, 0.2) is 0 Å². The zero-order valence-electron chi connectivity index (χ0n) is 12.1. The number of hydrogen-bond donors (Lipinski definition) is 0. The average Bonchev–Trinajstić information content (AvgIpc) is 3.06. The lowest BCUT2D eigenvalue weighted by atomic mass is 9.87. The van der Waals surface area contributed by atoms with Gasteiger partial charge >= 0.3 is 0 Å². The average molecular weight is 291 g/mol. The van der Waals surface area contributed by atoms with Gasteiger partial charge in [-0.25, -0.2) is 4.98 Å². The summed E-state index contributed by atoms with van der Waals surface area (Å²) in [6.45, 7) is 0. The summed E-state index contributed by atoms with van der Waals surface area (Å²) in [5.74, 6) is 0.941. The molecule has 0 fully saturated rings. The van der Waals surface area contributed by atoms with Gasteiger partial charge in [0.2, 0.25) is 5.88 Å². The van der Waals surface area contributed by atoms with Crippen molar-refractivity contribution in [2.45, 2.75) is 19.3 Å². The highest BCUT2D eigenvalue weighted by molar-refractivity contribution is 5.82. The van der Waals surface area contributed by atoms with Crippen molar-refractivity contribution in [3.63, 3.8) is 0 Å². The number of methoxy groups -OCH3 is 1. The van der Waals surface area contributed by atoms with Gasteiger partial charge in [-0.3, -0.25) is 0 Å². The Balaban J connectivity index is 2.24. The van der Waals surface area contributed by atoms with Crippen LogP contribution in [0.15, 0.2) is 22.8 Å². The number of aromatic nitrogens is 1. The highest BCUT2D eigenvalue weighted by Crippen LogP contribution is 2.36. The van der Waals surface area contributed by atoms with Crippen molar-refractivity contribution in [3.8, 4) is 18.0 Å². The Morgan fingerprint density at radius 2 is 2.09 bits per heavy atom. The molecular weight excluding hydrogens is 278 g/mol. The molecule has 2 aromatic rings. The van der Waals surface area contributed by atoms with Crippen LogP contribution in [0, 0.1) is 22.7 Å². The van der Waals surface area contributed by atoms with Crippen molar-refractivity contribution >= 4 is 11.6 Å². The third kappa shape index (κ3) is 2.23. The van der Waals surface area contributed by atoms with E-state index in [0.717, 1.165) is 41.9 Å². The summed E-state index contributed by atoms with van der Waals surface area (Å²) >= 11 is 0. The lowest BCUT2D eigenvalue weighted by Gasteiger charge is -2.20. The Morgan fingerprint density at radius 3 is 2.73 bits per heavy atom. The highest BCUT2D eigenvalue weighted by atomic mass is 16.5. The van der Waals surface area contributed by atoms with Crippen LogP contribution >= 0.6 is 0 Å². The quantitative estimate of drug-likeness (QED) is 0.847. The first-order valence-electron chi connectivity index (χ1n) is 6.94. The molecule has 0 N–H and O–H groups in total. The van der Waals surface area contributed by atoms with E-state index < -0.39 is 0 Å². The second-order valence-corrected chi connectivity index (χ2v) is 4.96. The molecule has 0 atom stereocenters. The number of rotatable bonds is 2. The van der Waals surface area contributed by atoms with E-state index in [9.17, 15) is 10.5 Å². The van der Waals surface area contributed by atoms with Crippen LogP contribution in [0.4, 0.5) is 0 Å². The summed E-state index contributed by atoms with van der Waals surface area (Å²) < 4.78 is 10.5. The van der Waals surface area contributed by atoms with Gasteiger partial charge in [0.05, 0.1) is 24.6 Å². The molecule has 0 aliphatic heterocycles. The molecule has 0 saturated heterocycles. The fourth-order valence-electron chi connectivity index (χ4n) is 2.74. The van der Waals surface area contributed by atoms with Gasteiger partial charge in [-0.05, 0) is 48.6 Å². The van der Waals surface area contributed by atoms with Crippen LogP contribution in [0.3, 0.4) is 0 Å². The maximum atomic E-state index is 9.45. The maximum absolute atomic E-state index is 9.45. The van der Waals surface area contributed by atoms with Crippen molar-refractivity contribution in [1.82, 2.24) is 4.98 Å². The molecule has 2 aromatic heterocycles. The zero-order chi connectivity index (χ0) is 15.5. The van der Waals surface area contributed by atoms with Crippen molar-refractivity contribution in [1.29, 1.82) is 10.5 Å². The topological polar surface area (TPSA) is 82.8 Å². The lowest BCUT2D eigenvalue weighted by molar-refractivity contribution is 0.395. The van der Waals surface area contributed by atoms with E-state index >= 15 is 0 Å². The monoisotopic (exact) mass is 291 g/mol. The Morgan fingerprint density at radius 1 is 1.27 bits per heavy atom. The second kappa shape index (κ2) is 5.75. The SMILES string of the molecule is COc1nc2c(c(C#N)c1C#N)CCCC2=Cc1ccco1. The molecule has 0 unspecified atom stereocenters. The minimum atomic E-state index is 0.199. The summed E-state index contributed by atoms with van der Waals surface area (Å²) in [5, 5.41) is 18.7. The van der Waals surface area contributed by atoms with Gasteiger partial charge in [-0.1, -0.05) is 0 Å². The molecule has 5 nitrogen and oxygen atoms in total. The van der Waals surface area contributed by atoms with Gasteiger partial charge in [0.1, 0.15) is 23.5 Å². The second-order valence-electron chi connectivity index (χ2n) is 4.96.